The number of carbonyl (C=O) groups is 4. The fourth-order valence-corrected chi connectivity index (χ4v) is 8.02. The average Bonchev–Trinajstić information content (AvgIpc) is 3.64. The molecule has 1 aliphatic rings. The van der Waals surface area contributed by atoms with Gasteiger partial charge in [0, 0.05) is 49.9 Å². The molecule has 0 aliphatic carbocycles. The lowest BCUT2D eigenvalue weighted by atomic mass is 9.82. The molecule has 1 fully saturated rings. The number of ether oxygens (including phenoxy) is 1. The largest absolute Gasteiger partial charge is 0.481 e. The van der Waals surface area contributed by atoms with Crippen LogP contribution in [0.25, 0.3) is 0 Å². The van der Waals surface area contributed by atoms with Crippen molar-refractivity contribution >= 4 is 34.9 Å². The quantitative estimate of drug-likeness (QED) is 0.126. The van der Waals surface area contributed by atoms with Crippen LogP contribution in [0.1, 0.15) is 112 Å². The number of thiazole rings is 1. The van der Waals surface area contributed by atoms with E-state index in [1.165, 1.54) is 24.4 Å². The van der Waals surface area contributed by atoms with Gasteiger partial charge in [-0.2, -0.15) is 13.2 Å². The number of hydrogen-bond donors (Lipinski definition) is 3. The van der Waals surface area contributed by atoms with Crippen LogP contribution in [0.2, 0.25) is 0 Å². The molecule has 55 heavy (non-hydrogen) atoms. The van der Waals surface area contributed by atoms with Crippen molar-refractivity contribution < 1.29 is 47.3 Å². The number of aromatic nitrogens is 1. The van der Waals surface area contributed by atoms with E-state index in [0.29, 0.717) is 12.0 Å². The van der Waals surface area contributed by atoms with Crippen LogP contribution in [0.3, 0.4) is 0 Å². The van der Waals surface area contributed by atoms with Gasteiger partial charge in [0.1, 0.15) is 16.8 Å². The van der Waals surface area contributed by atoms with E-state index < -0.39 is 53.6 Å². The summed E-state index contributed by atoms with van der Waals surface area (Å²) >= 11 is 1.07. The van der Waals surface area contributed by atoms with Crippen molar-refractivity contribution in [3.8, 4) is 0 Å². The van der Waals surface area contributed by atoms with E-state index in [1.54, 1.807) is 12.0 Å². The topological polar surface area (TPSA) is 149 Å². The number of carboxylic acids is 1. The van der Waals surface area contributed by atoms with Crippen LogP contribution >= 0.6 is 11.3 Å². The molecule has 308 valence electrons. The molecule has 11 nitrogen and oxygen atoms in total. The molecule has 3 N–H and O–H groups in total. The number of benzene rings is 1. The van der Waals surface area contributed by atoms with Gasteiger partial charge in [-0.25, -0.2) is 4.98 Å². The molecular formula is C40H59F3N4O7S. The highest BCUT2D eigenvalue weighted by Gasteiger charge is 2.38. The molecule has 0 radical (unpaired) electrons. The number of nitrogens with one attached hydrogen (secondary N) is 1. The SMILES string of the molecule is CC[C@H](C)[C@H](CC(=O)[C@H]1CCCCN1C)C(=O)N(CCOC)[C@H](C[C@@H](O)c1nc(C(=O)N[C@@H](Cc2ccc(C(F)(F)F)cc2)C[C@H](C)C(=O)O)cs1)C(C)C. The number of carbonyl (C=O) groups excluding carboxylic acids is 3. The van der Waals surface area contributed by atoms with E-state index in [1.807, 2.05) is 34.7 Å². The van der Waals surface area contributed by atoms with Crippen molar-refractivity contribution in [1.29, 1.82) is 0 Å². The van der Waals surface area contributed by atoms with Gasteiger partial charge in [0.05, 0.1) is 24.1 Å². The molecule has 1 saturated heterocycles. The van der Waals surface area contributed by atoms with Gasteiger partial charge in [0.25, 0.3) is 5.91 Å². The van der Waals surface area contributed by atoms with Crippen LogP contribution in [0.15, 0.2) is 29.6 Å². The summed E-state index contributed by atoms with van der Waals surface area (Å²) in [4.78, 5) is 61.4. The van der Waals surface area contributed by atoms with E-state index in [2.05, 4.69) is 15.2 Å². The van der Waals surface area contributed by atoms with Gasteiger partial charge >= 0.3 is 12.1 Å². The Kier molecular flexibility index (Phi) is 17.7. The van der Waals surface area contributed by atoms with E-state index in [4.69, 9.17) is 4.74 Å². The summed E-state index contributed by atoms with van der Waals surface area (Å²) < 4.78 is 44.7. The Hall–Kier alpha value is -3.40. The highest BCUT2D eigenvalue weighted by molar-refractivity contribution is 7.09. The lowest BCUT2D eigenvalue weighted by molar-refractivity contribution is -0.145. The Bertz CT molecular complexity index is 1550. The van der Waals surface area contributed by atoms with Crippen molar-refractivity contribution in [2.45, 2.75) is 116 Å². The number of nitrogens with zero attached hydrogens (tertiary/aromatic N) is 3. The van der Waals surface area contributed by atoms with Gasteiger partial charge in [-0.3, -0.25) is 24.1 Å². The Morgan fingerprint density at radius 1 is 1.09 bits per heavy atom. The fraction of sp³-hybridized carbons (Fsp3) is 0.675. The number of aliphatic hydroxyl groups excluding tert-OH is 1. The molecule has 3 rings (SSSR count). The maximum absolute atomic E-state index is 14.5. The Morgan fingerprint density at radius 3 is 2.33 bits per heavy atom. The molecule has 15 heteroatoms. The number of alkyl halides is 3. The molecule has 0 bridgehead atoms. The molecule has 0 saturated carbocycles. The minimum atomic E-state index is -4.51. The smallest absolute Gasteiger partial charge is 0.416 e. The molecular weight excluding hydrogens is 738 g/mol. The zero-order chi connectivity index (χ0) is 41.0. The summed E-state index contributed by atoms with van der Waals surface area (Å²) in [5.74, 6) is -3.34. The number of Topliss-reactive ketones (excluding diaryl/α,β-unsaturated/α-hetero) is 1. The van der Waals surface area contributed by atoms with Gasteiger partial charge in [-0.15, -0.1) is 11.3 Å². The molecule has 2 aromatic rings. The first-order valence-corrected chi connectivity index (χ1v) is 20.1. The number of likely N-dealkylation sites (tertiary alicyclic amines) is 1. The van der Waals surface area contributed by atoms with Crippen LogP contribution in [-0.2, 0) is 31.7 Å². The number of aliphatic carboxylic acids is 1. The van der Waals surface area contributed by atoms with Gasteiger partial charge < -0.3 is 25.2 Å². The standard InChI is InChI=1S/C40H59F3N4O7S/c1-8-25(4)30(21-34(48)32-11-9-10-16-46(32)6)38(51)47(17-18-54-7)33(24(2)3)22-35(49)37-45-31(23-55-37)36(50)44-29(19-26(5)39(52)53)20-27-12-14-28(15-13-27)40(41,42)43/h12-15,23-26,29-30,32-33,35,49H,8-11,16-22H2,1-7H3,(H,44,50)(H,52,53)/t25-,26-,29+,30-,32+,33+,35+/m0/s1. The minimum Gasteiger partial charge on any atom is -0.481 e. The molecule has 0 unspecified atom stereocenters. The van der Waals surface area contributed by atoms with Crippen molar-refractivity contribution in [3.63, 3.8) is 0 Å². The third-order valence-corrected chi connectivity index (χ3v) is 11.8. The normalized spacial score (nSPS) is 18.6. The second-order valence-corrected chi connectivity index (χ2v) is 16.2. The number of ketones is 1. The van der Waals surface area contributed by atoms with Gasteiger partial charge in [0.15, 0.2) is 5.78 Å². The highest BCUT2D eigenvalue weighted by Crippen LogP contribution is 2.32. The van der Waals surface area contributed by atoms with Gasteiger partial charge in [-0.05, 0) is 68.8 Å². The molecule has 2 heterocycles. The van der Waals surface area contributed by atoms with Crippen LogP contribution in [0.5, 0.6) is 0 Å². The lowest BCUT2D eigenvalue weighted by Crippen LogP contribution is -2.50. The highest BCUT2D eigenvalue weighted by atomic mass is 32.1. The average molecular weight is 797 g/mol. The number of amides is 2. The molecule has 1 aliphatic heterocycles. The third-order valence-electron chi connectivity index (χ3n) is 10.9. The maximum atomic E-state index is 14.5. The van der Waals surface area contributed by atoms with Gasteiger partial charge in [0.2, 0.25) is 5.91 Å². The van der Waals surface area contributed by atoms with Crippen LogP contribution in [-0.4, -0.2) is 101 Å². The second-order valence-electron chi connectivity index (χ2n) is 15.4. The first kappa shape index (κ1) is 46.0. The Balaban J connectivity index is 1.80. The van der Waals surface area contributed by atoms with E-state index in [-0.39, 0.29) is 79.1 Å². The van der Waals surface area contributed by atoms with Crippen molar-refractivity contribution in [3.05, 3.63) is 51.5 Å². The number of rotatable bonds is 21. The Labute approximate surface area is 327 Å². The number of likely N-dealkylation sites (N-methyl/N-ethyl adjacent to an activating group) is 1. The maximum Gasteiger partial charge on any atom is 0.416 e. The van der Waals surface area contributed by atoms with E-state index in [0.717, 1.165) is 49.3 Å². The summed E-state index contributed by atoms with van der Waals surface area (Å²) in [7, 11) is 3.51. The van der Waals surface area contributed by atoms with E-state index in [9.17, 15) is 42.6 Å². The number of methoxy groups -OCH3 is 1. The van der Waals surface area contributed by atoms with Crippen molar-refractivity contribution in [2.75, 3.05) is 33.9 Å². The van der Waals surface area contributed by atoms with Crippen LogP contribution in [0.4, 0.5) is 13.2 Å². The zero-order valence-corrected chi connectivity index (χ0v) is 33.9. The summed E-state index contributed by atoms with van der Waals surface area (Å²) in [5.41, 5.74) is -0.335. The molecule has 1 aromatic carbocycles. The van der Waals surface area contributed by atoms with E-state index >= 15 is 0 Å². The fourth-order valence-electron chi connectivity index (χ4n) is 7.22. The lowest BCUT2D eigenvalue weighted by Gasteiger charge is -2.39. The first-order valence-electron chi connectivity index (χ1n) is 19.2. The number of piperidine rings is 1. The predicted molar refractivity (Wildman–Crippen MR) is 205 cm³/mol. The minimum absolute atomic E-state index is 0.00381. The number of halogens is 3. The summed E-state index contributed by atoms with van der Waals surface area (Å²) in [6.45, 7) is 10.8. The summed E-state index contributed by atoms with van der Waals surface area (Å²) in [6.07, 6.45) is -1.80. The summed E-state index contributed by atoms with van der Waals surface area (Å²) in [6, 6.07) is 3.09. The number of carboxylic acid groups (broad SMARTS) is 1. The molecule has 1 aromatic heterocycles. The molecule has 2 amide bonds. The van der Waals surface area contributed by atoms with Crippen molar-refractivity contribution in [2.24, 2.45) is 23.7 Å². The molecule has 7 atom stereocenters. The third kappa shape index (κ3) is 13.4. The second kappa shape index (κ2) is 21.2. The predicted octanol–water partition coefficient (Wildman–Crippen LogP) is 6.64. The Morgan fingerprint density at radius 2 is 1.76 bits per heavy atom. The van der Waals surface area contributed by atoms with Crippen molar-refractivity contribution in [1.82, 2.24) is 20.1 Å². The van der Waals surface area contributed by atoms with Crippen LogP contribution < -0.4 is 5.32 Å². The van der Waals surface area contributed by atoms with Gasteiger partial charge in [-0.1, -0.05) is 59.6 Å². The van der Waals surface area contributed by atoms with Crippen LogP contribution in [0, 0.1) is 23.7 Å². The molecule has 0 spiro atoms. The number of hydrogen-bond acceptors (Lipinski definition) is 9. The zero-order valence-electron chi connectivity index (χ0n) is 33.1. The summed E-state index contributed by atoms with van der Waals surface area (Å²) in [5, 5.41) is 25.6. The number of aliphatic hydroxyl groups is 1. The first-order chi connectivity index (χ1) is 25.9. The monoisotopic (exact) mass is 796 g/mol.